The molecule has 0 spiro atoms. The van der Waals surface area contributed by atoms with Crippen LogP contribution in [0.1, 0.15) is 12.8 Å². The van der Waals surface area contributed by atoms with Gasteiger partial charge in [0.05, 0.1) is 17.7 Å². The maximum absolute atomic E-state index is 9.50. The lowest BCUT2D eigenvalue weighted by Gasteiger charge is -2.30. The lowest BCUT2D eigenvalue weighted by atomic mass is 10.1. The van der Waals surface area contributed by atoms with Gasteiger partial charge in [-0.25, -0.2) is 5.26 Å². The summed E-state index contributed by atoms with van der Waals surface area (Å²) in [5.41, 5.74) is 6.32. The van der Waals surface area contributed by atoms with E-state index in [1.165, 1.54) is 0 Å². The minimum Gasteiger partial charge on any atom is -0.393 e. The molecule has 0 atom stereocenters. The van der Waals surface area contributed by atoms with Crippen molar-refractivity contribution in [3.8, 4) is 6.57 Å². The second kappa shape index (κ2) is 5.49. The van der Waals surface area contributed by atoms with Gasteiger partial charge in [0.25, 0.3) is 0 Å². The Morgan fingerprint density at radius 2 is 2.05 bits per heavy atom. The van der Waals surface area contributed by atoms with Gasteiger partial charge in [-0.15, -0.1) is 0 Å². The van der Waals surface area contributed by atoms with Crippen LogP contribution in [0.3, 0.4) is 0 Å². The Hall–Kier alpha value is -2.40. The van der Waals surface area contributed by atoms with E-state index in [1.54, 1.807) is 6.20 Å². The molecule has 8 nitrogen and oxygen atoms in total. The molecule has 0 radical (unpaired) electrons. The number of nitrogens with two attached hydrogens (primary N) is 1. The topological polar surface area (TPSA) is 128 Å². The van der Waals surface area contributed by atoms with Crippen molar-refractivity contribution < 1.29 is 5.11 Å². The van der Waals surface area contributed by atoms with E-state index in [0.717, 1.165) is 37.1 Å². The Morgan fingerprint density at radius 1 is 1.37 bits per heavy atom. The summed E-state index contributed by atoms with van der Waals surface area (Å²) in [6.45, 7) is 5.05. The summed E-state index contributed by atoms with van der Waals surface area (Å²) in [5, 5.41) is 23.6. The molecular formula is C11H15N7O. The molecule has 2 aromatic rings. The number of rotatable bonds is 1. The van der Waals surface area contributed by atoms with Gasteiger partial charge in [-0.3, -0.25) is 5.10 Å². The van der Waals surface area contributed by atoms with E-state index >= 15 is 0 Å². The molecule has 0 amide bonds. The molecule has 1 saturated heterocycles. The molecule has 4 N–H and O–H groups in total. The number of fused-ring (bicyclic) bond motifs is 1. The van der Waals surface area contributed by atoms with E-state index in [4.69, 9.17) is 11.0 Å². The van der Waals surface area contributed by atoms with E-state index < -0.39 is 0 Å². The van der Waals surface area contributed by atoms with Gasteiger partial charge in [0.2, 0.25) is 5.95 Å². The maximum atomic E-state index is 9.50. The number of nitrogens with zero attached hydrogens (tertiary/aromatic N) is 5. The summed E-state index contributed by atoms with van der Waals surface area (Å²) < 4.78 is 0. The molecule has 0 bridgehead atoms. The van der Waals surface area contributed by atoms with Crippen LogP contribution in [0.5, 0.6) is 0 Å². The summed E-state index contributed by atoms with van der Waals surface area (Å²) in [7, 11) is 0. The normalized spacial score (nSPS) is 16.1. The molecule has 8 heteroatoms. The minimum absolute atomic E-state index is 0.203. The molecule has 2 aromatic heterocycles. The van der Waals surface area contributed by atoms with E-state index in [0.29, 0.717) is 5.65 Å². The zero-order chi connectivity index (χ0) is 13.8. The van der Waals surface area contributed by atoms with Crippen LogP contribution < -0.4 is 10.6 Å². The second-order valence-electron chi connectivity index (χ2n) is 4.26. The van der Waals surface area contributed by atoms with Crippen molar-refractivity contribution in [2.45, 2.75) is 18.9 Å². The number of H-pyrrole nitrogens is 1. The largest absolute Gasteiger partial charge is 0.393 e. The van der Waals surface area contributed by atoms with Crippen molar-refractivity contribution in [3.63, 3.8) is 0 Å². The van der Waals surface area contributed by atoms with E-state index in [-0.39, 0.29) is 12.1 Å². The molecule has 3 rings (SSSR count). The fourth-order valence-corrected chi connectivity index (χ4v) is 2.16. The summed E-state index contributed by atoms with van der Waals surface area (Å²) >= 11 is 0. The summed E-state index contributed by atoms with van der Waals surface area (Å²) in [6, 6.07) is 0. The smallest absolute Gasteiger partial charge is 0.224 e. The average Bonchev–Trinajstić information content (AvgIpc) is 2.89. The predicted molar refractivity (Wildman–Crippen MR) is 70.2 cm³/mol. The Balaban J connectivity index is 0.000000637. The third-order valence-corrected chi connectivity index (χ3v) is 3.07. The number of aromatic amines is 1. The molecule has 1 fully saturated rings. The molecule has 3 heterocycles. The number of hydrogen-bond donors (Lipinski definition) is 3. The first-order chi connectivity index (χ1) is 9.24. The van der Waals surface area contributed by atoms with Crippen molar-refractivity contribution in [2.75, 3.05) is 23.7 Å². The number of nitrogen functional groups attached to an aromatic ring is 1. The first kappa shape index (κ1) is 13.0. The van der Waals surface area contributed by atoms with Crippen molar-refractivity contribution >= 4 is 22.8 Å². The van der Waals surface area contributed by atoms with Crippen LogP contribution >= 0.6 is 0 Å². The minimum atomic E-state index is -0.203. The molecule has 1 aliphatic heterocycles. The number of hydrogen-bond acceptors (Lipinski definition) is 7. The highest BCUT2D eigenvalue weighted by atomic mass is 16.3. The Kier molecular flexibility index (Phi) is 3.77. The van der Waals surface area contributed by atoms with Gasteiger partial charge in [0, 0.05) is 19.7 Å². The van der Waals surface area contributed by atoms with Crippen LogP contribution in [0.4, 0.5) is 11.8 Å². The van der Waals surface area contributed by atoms with Gasteiger partial charge in [-0.1, -0.05) is 0 Å². The molecule has 0 unspecified atom stereocenters. The summed E-state index contributed by atoms with van der Waals surface area (Å²) in [4.78, 5) is 10.5. The van der Waals surface area contributed by atoms with Gasteiger partial charge in [0.1, 0.15) is 5.82 Å². The number of piperidine rings is 1. The summed E-state index contributed by atoms with van der Waals surface area (Å²) in [6.07, 6.45) is 3.01. The van der Waals surface area contributed by atoms with Crippen molar-refractivity contribution in [1.29, 1.82) is 5.26 Å². The second-order valence-corrected chi connectivity index (χ2v) is 4.26. The van der Waals surface area contributed by atoms with E-state index in [1.807, 2.05) is 0 Å². The van der Waals surface area contributed by atoms with Crippen LogP contribution in [0.25, 0.3) is 11.0 Å². The van der Waals surface area contributed by atoms with Gasteiger partial charge in [-0.2, -0.15) is 15.1 Å². The molecule has 0 aromatic carbocycles. The molecular weight excluding hydrogens is 246 g/mol. The van der Waals surface area contributed by atoms with Gasteiger partial charge in [-0.05, 0) is 12.8 Å². The third-order valence-electron chi connectivity index (χ3n) is 3.07. The molecule has 0 aliphatic carbocycles. The number of aliphatic hydroxyl groups is 1. The van der Waals surface area contributed by atoms with E-state index in [9.17, 15) is 5.11 Å². The molecule has 0 saturated carbocycles. The summed E-state index contributed by atoms with van der Waals surface area (Å²) in [5.74, 6) is 1.04. The first-order valence-electron chi connectivity index (χ1n) is 5.89. The quantitative estimate of drug-likeness (QED) is 0.660. The Morgan fingerprint density at radius 3 is 2.74 bits per heavy atom. The average molecular weight is 261 g/mol. The lowest BCUT2D eigenvalue weighted by Crippen LogP contribution is -2.36. The van der Waals surface area contributed by atoms with Crippen molar-refractivity contribution in [2.24, 2.45) is 0 Å². The highest BCUT2D eigenvalue weighted by Gasteiger charge is 2.21. The number of anilines is 2. The highest BCUT2D eigenvalue weighted by Crippen LogP contribution is 2.25. The zero-order valence-corrected chi connectivity index (χ0v) is 10.3. The Bertz CT molecular complexity index is 571. The standard InChI is InChI=1S/C10H14N6O.CHN/c11-10-13-8-7(5-12-15-8)9(14-10)16-3-1-6(17)2-4-16;1-2/h5-6,17H,1-4H2,(H3,11,12,13,14,15);1H. The molecule has 19 heavy (non-hydrogen) atoms. The van der Waals surface area contributed by atoms with Crippen LogP contribution in [-0.2, 0) is 0 Å². The number of aromatic nitrogens is 4. The van der Waals surface area contributed by atoms with Gasteiger partial charge >= 0.3 is 0 Å². The van der Waals surface area contributed by atoms with Crippen molar-refractivity contribution in [3.05, 3.63) is 6.20 Å². The van der Waals surface area contributed by atoms with Gasteiger partial charge in [0.15, 0.2) is 5.65 Å². The predicted octanol–water partition coefficient (Wildman–Crippen LogP) is 0.0360. The van der Waals surface area contributed by atoms with Crippen LogP contribution in [0.2, 0.25) is 0 Å². The third kappa shape index (κ3) is 2.56. The monoisotopic (exact) mass is 261 g/mol. The fraction of sp³-hybridized carbons (Fsp3) is 0.455. The van der Waals surface area contributed by atoms with E-state index in [2.05, 4.69) is 31.6 Å². The van der Waals surface area contributed by atoms with Gasteiger partial charge < -0.3 is 15.7 Å². The number of aliphatic hydroxyl groups excluding tert-OH is 1. The highest BCUT2D eigenvalue weighted by molar-refractivity contribution is 5.87. The van der Waals surface area contributed by atoms with Crippen LogP contribution in [0, 0.1) is 11.8 Å². The molecule has 100 valence electrons. The van der Waals surface area contributed by atoms with Crippen LogP contribution in [-0.4, -0.2) is 44.5 Å². The van der Waals surface area contributed by atoms with Crippen LogP contribution in [0.15, 0.2) is 6.20 Å². The lowest BCUT2D eigenvalue weighted by molar-refractivity contribution is 0.145. The molecule has 1 aliphatic rings. The zero-order valence-electron chi connectivity index (χ0n) is 10.3. The number of nitrogens with one attached hydrogen (secondary N) is 1. The van der Waals surface area contributed by atoms with Crippen molar-refractivity contribution in [1.82, 2.24) is 20.2 Å². The maximum Gasteiger partial charge on any atom is 0.224 e. The SMILES string of the molecule is C#N.Nc1nc(N2CCC(O)CC2)c2cn[nH]c2n1. The number of nitriles is 1. The Labute approximate surface area is 109 Å². The fourth-order valence-electron chi connectivity index (χ4n) is 2.16. The first-order valence-corrected chi connectivity index (χ1v) is 5.89.